The maximum absolute atomic E-state index is 11.1. The lowest BCUT2D eigenvalue weighted by atomic mass is 10.0. The molecule has 3 aromatic rings. The normalized spacial score (nSPS) is 12.7. The van der Waals surface area contributed by atoms with Gasteiger partial charge in [-0.15, -0.1) is 12.4 Å². The largest absolute Gasteiger partial charge is 0.481 e. The van der Waals surface area contributed by atoms with E-state index in [1.807, 2.05) is 24.3 Å². The number of aryl methyl sites for hydroxylation is 1. The zero-order valence-corrected chi connectivity index (χ0v) is 16.1. The molecule has 0 radical (unpaired) electrons. The summed E-state index contributed by atoms with van der Waals surface area (Å²) in [5.74, 6) is -0.804. The van der Waals surface area contributed by atoms with E-state index < -0.39 is 5.97 Å². The van der Waals surface area contributed by atoms with Gasteiger partial charge in [-0.05, 0) is 48.6 Å². The molecule has 1 aromatic heterocycles. The number of aromatic nitrogens is 1. The minimum atomic E-state index is -0.804. The fraction of sp³-hybridized carbons (Fsp3) is 0.273. The van der Waals surface area contributed by atoms with Crippen molar-refractivity contribution in [2.24, 2.45) is 0 Å². The SMILES string of the molecule is Cc1nc2ccc(CC(=O)O)cc2c2c1CCN2CCc1ccccc1.Cl. The number of carboxylic acids is 1. The molecule has 5 heteroatoms. The number of carboxylic acid groups (broad SMARTS) is 1. The number of hydrogen-bond acceptors (Lipinski definition) is 3. The second-order valence-electron chi connectivity index (χ2n) is 6.92. The van der Waals surface area contributed by atoms with Crippen LogP contribution in [-0.4, -0.2) is 29.1 Å². The highest BCUT2D eigenvalue weighted by atomic mass is 35.5. The summed E-state index contributed by atoms with van der Waals surface area (Å²) in [6, 6.07) is 16.4. The van der Waals surface area contributed by atoms with Crippen molar-refractivity contribution in [3.63, 3.8) is 0 Å². The molecule has 140 valence electrons. The van der Waals surface area contributed by atoms with Crippen LogP contribution in [0.25, 0.3) is 10.9 Å². The van der Waals surface area contributed by atoms with Crippen molar-refractivity contribution in [1.82, 2.24) is 4.98 Å². The third-order valence-corrected chi connectivity index (χ3v) is 5.14. The van der Waals surface area contributed by atoms with Gasteiger partial charge in [0.2, 0.25) is 0 Å². The van der Waals surface area contributed by atoms with Crippen LogP contribution in [0.5, 0.6) is 0 Å². The molecule has 0 spiro atoms. The molecule has 0 atom stereocenters. The van der Waals surface area contributed by atoms with E-state index in [1.165, 1.54) is 16.8 Å². The Hall–Kier alpha value is -2.59. The number of aliphatic carboxylic acids is 1. The summed E-state index contributed by atoms with van der Waals surface area (Å²) in [5.41, 5.74) is 6.74. The maximum atomic E-state index is 11.1. The number of halogens is 1. The molecule has 0 saturated carbocycles. The number of fused-ring (bicyclic) bond motifs is 3. The van der Waals surface area contributed by atoms with Crippen molar-refractivity contribution in [3.8, 4) is 0 Å². The maximum Gasteiger partial charge on any atom is 0.307 e. The van der Waals surface area contributed by atoms with Crippen molar-refractivity contribution in [1.29, 1.82) is 0 Å². The molecule has 0 bridgehead atoms. The Kier molecular flexibility index (Phi) is 5.66. The zero-order chi connectivity index (χ0) is 18.1. The first kappa shape index (κ1) is 19.2. The van der Waals surface area contributed by atoms with Gasteiger partial charge in [0.15, 0.2) is 0 Å². The Bertz CT molecular complexity index is 973. The molecule has 0 amide bonds. The first-order valence-electron chi connectivity index (χ1n) is 9.04. The fourth-order valence-corrected chi connectivity index (χ4v) is 3.89. The van der Waals surface area contributed by atoms with Crippen LogP contribution >= 0.6 is 12.4 Å². The third-order valence-electron chi connectivity index (χ3n) is 5.14. The summed E-state index contributed by atoms with van der Waals surface area (Å²) in [7, 11) is 0. The smallest absolute Gasteiger partial charge is 0.307 e. The molecule has 1 aliphatic rings. The molecule has 4 nitrogen and oxygen atoms in total. The summed E-state index contributed by atoms with van der Waals surface area (Å²) >= 11 is 0. The van der Waals surface area contributed by atoms with E-state index in [-0.39, 0.29) is 18.8 Å². The highest BCUT2D eigenvalue weighted by molar-refractivity contribution is 5.96. The molecule has 0 saturated heterocycles. The molecule has 1 aliphatic heterocycles. The number of anilines is 1. The van der Waals surface area contributed by atoms with E-state index >= 15 is 0 Å². The Morgan fingerprint density at radius 3 is 2.67 bits per heavy atom. The number of nitrogens with zero attached hydrogens (tertiary/aromatic N) is 2. The van der Waals surface area contributed by atoms with Crippen LogP contribution in [0.15, 0.2) is 48.5 Å². The first-order valence-corrected chi connectivity index (χ1v) is 9.04. The number of carbonyl (C=O) groups is 1. The minimum Gasteiger partial charge on any atom is -0.481 e. The summed E-state index contributed by atoms with van der Waals surface area (Å²) in [6.45, 7) is 4.02. The number of benzene rings is 2. The van der Waals surface area contributed by atoms with Crippen molar-refractivity contribution >= 4 is 35.0 Å². The molecule has 2 aromatic carbocycles. The van der Waals surface area contributed by atoms with Crippen LogP contribution in [0.2, 0.25) is 0 Å². The van der Waals surface area contributed by atoms with Gasteiger partial charge >= 0.3 is 5.97 Å². The van der Waals surface area contributed by atoms with Crippen LogP contribution in [0, 0.1) is 6.92 Å². The van der Waals surface area contributed by atoms with Gasteiger partial charge in [0.1, 0.15) is 0 Å². The number of hydrogen-bond donors (Lipinski definition) is 1. The average Bonchev–Trinajstić information content (AvgIpc) is 3.06. The van der Waals surface area contributed by atoms with Gasteiger partial charge in [-0.1, -0.05) is 36.4 Å². The van der Waals surface area contributed by atoms with Crippen LogP contribution in [0.1, 0.15) is 22.4 Å². The van der Waals surface area contributed by atoms with E-state index in [0.29, 0.717) is 0 Å². The van der Waals surface area contributed by atoms with Crippen molar-refractivity contribution in [2.75, 3.05) is 18.0 Å². The Labute approximate surface area is 165 Å². The predicted molar refractivity (Wildman–Crippen MR) is 111 cm³/mol. The van der Waals surface area contributed by atoms with Crippen molar-refractivity contribution in [3.05, 3.63) is 70.9 Å². The Balaban J connectivity index is 0.00000210. The molecule has 0 fully saturated rings. The van der Waals surface area contributed by atoms with E-state index in [0.717, 1.165) is 48.1 Å². The number of pyridine rings is 1. The Morgan fingerprint density at radius 2 is 1.93 bits per heavy atom. The molecular formula is C22H23ClN2O2. The molecule has 2 heterocycles. The second kappa shape index (κ2) is 7.97. The first-order chi connectivity index (χ1) is 12.6. The van der Waals surface area contributed by atoms with Gasteiger partial charge in [0.25, 0.3) is 0 Å². The lowest BCUT2D eigenvalue weighted by Gasteiger charge is -2.22. The van der Waals surface area contributed by atoms with E-state index in [9.17, 15) is 4.79 Å². The standard InChI is InChI=1S/C22H22N2O2.ClH/c1-15-18-10-12-24(11-9-16-5-3-2-4-6-16)22(18)19-13-17(14-21(25)26)7-8-20(19)23-15;/h2-8,13H,9-12,14H2,1H3,(H,25,26);1H. The second-order valence-corrected chi connectivity index (χ2v) is 6.92. The third kappa shape index (κ3) is 3.91. The minimum absolute atomic E-state index is 0. The van der Waals surface area contributed by atoms with E-state index in [1.54, 1.807) is 0 Å². The molecule has 0 aliphatic carbocycles. The van der Waals surface area contributed by atoms with Gasteiger partial charge in [-0.3, -0.25) is 9.78 Å². The molecule has 4 rings (SSSR count). The van der Waals surface area contributed by atoms with Gasteiger partial charge in [-0.25, -0.2) is 0 Å². The van der Waals surface area contributed by atoms with Crippen LogP contribution in [-0.2, 0) is 24.1 Å². The molecule has 0 unspecified atom stereocenters. The van der Waals surface area contributed by atoms with Crippen LogP contribution in [0.4, 0.5) is 5.69 Å². The summed E-state index contributed by atoms with van der Waals surface area (Å²) in [4.78, 5) is 18.3. The zero-order valence-electron chi connectivity index (χ0n) is 15.3. The lowest BCUT2D eigenvalue weighted by Crippen LogP contribution is -2.23. The monoisotopic (exact) mass is 382 g/mol. The fourth-order valence-electron chi connectivity index (χ4n) is 3.89. The summed E-state index contributed by atoms with van der Waals surface area (Å²) < 4.78 is 0. The Morgan fingerprint density at radius 1 is 1.15 bits per heavy atom. The quantitative estimate of drug-likeness (QED) is 0.718. The topological polar surface area (TPSA) is 53.4 Å². The van der Waals surface area contributed by atoms with E-state index in [2.05, 4.69) is 36.1 Å². The average molecular weight is 383 g/mol. The van der Waals surface area contributed by atoms with E-state index in [4.69, 9.17) is 10.1 Å². The van der Waals surface area contributed by atoms with Gasteiger partial charge < -0.3 is 10.0 Å². The molecular weight excluding hydrogens is 360 g/mol. The lowest BCUT2D eigenvalue weighted by molar-refractivity contribution is -0.136. The summed E-state index contributed by atoms with van der Waals surface area (Å²) in [5, 5.41) is 10.2. The van der Waals surface area contributed by atoms with Crippen molar-refractivity contribution in [2.45, 2.75) is 26.2 Å². The van der Waals surface area contributed by atoms with Gasteiger partial charge in [0.05, 0.1) is 17.6 Å². The molecule has 27 heavy (non-hydrogen) atoms. The molecule has 1 N–H and O–H groups in total. The van der Waals surface area contributed by atoms with Crippen molar-refractivity contribution < 1.29 is 9.90 Å². The number of rotatable bonds is 5. The van der Waals surface area contributed by atoms with Crippen LogP contribution < -0.4 is 4.90 Å². The highest BCUT2D eigenvalue weighted by Crippen LogP contribution is 2.37. The predicted octanol–water partition coefficient (Wildman–Crippen LogP) is 4.20. The van der Waals surface area contributed by atoms with Crippen LogP contribution in [0.3, 0.4) is 0 Å². The highest BCUT2D eigenvalue weighted by Gasteiger charge is 2.24. The van der Waals surface area contributed by atoms with Gasteiger partial charge in [0, 0.05) is 24.2 Å². The summed E-state index contributed by atoms with van der Waals surface area (Å²) in [6.07, 6.45) is 2.04. The van der Waals surface area contributed by atoms with Gasteiger partial charge in [-0.2, -0.15) is 0 Å².